The topological polar surface area (TPSA) is 17.1 Å². The van der Waals surface area contributed by atoms with Gasteiger partial charge in [-0.2, -0.15) is 0 Å². The molecule has 68 valence electrons. The predicted molar refractivity (Wildman–Crippen MR) is 50.9 cm³/mol. The summed E-state index contributed by atoms with van der Waals surface area (Å²) in [6.07, 6.45) is 4.00. The van der Waals surface area contributed by atoms with Crippen molar-refractivity contribution >= 4 is 5.78 Å². The number of ketones is 1. The van der Waals surface area contributed by atoms with E-state index in [1.165, 1.54) is 6.42 Å². The van der Waals surface area contributed by atoms with E-state index < -0.39 is 0 Å². The third-order valence-electron chi connectivity index (χ3n) is 2.75. The van der Waals surface area contributed by atoms with Gasteiger partial charge in [-0.1, -0.05) is 12.5 Å². The summed E-state index contributed by atoms with van der Waals surface area (Å²) in [6.45, 7) is 8.06. The number of allylic oxidation sites excluding steroid dienone is 1. The molecule has 1 rings (SSSR count). The minimum atomic E-state index is 0.274. The number of carbonyl (C=O) groups excluding carboxylic acids is 1. The molecule has 0 aromatic heterocycles. The average Bonchev–Trinajstić information content (AvgIpc) is 1.97. The number of rotatable bonds is 2. The van der Waals surface area contributed by atoms with Gasteiger partial charge >= 0.3 is 0 Å². The van der Waals surface area contributed by atoms with Gasteiger partial charge in [-0.3, -0.25) is 4.79 Å². The molecule has 0 N–H and O–H groups in total. The molecular formula is C11H18O. The smallest absolute Gasteiger partial charge is 0.136 e. The van der Waals surface area contributed by atoms with Crippen LogP contribution in [-0.4, -0.2) is 5.78 Å². The first-order chi connectivity index (χ1) is 5.61. The second-order valence-electron chi connectivity index (χ2n) is 4.10. The van der Waals surface area contributed by atoms with E-state index in [0.29, 0.717) is 11.7 Å². The van der Waals surface area contributed by atoms with Gasteiger partial charge in [-0.15, -0.1) is 6.58 Å². The van der Waals surface area contributed by atoms with E-state index in [0.717, 1.165) is 24.8 Å². The molecule has 0 radical (unpaired) electrons. The van der Waals surface area contributed by atoms with E-state index in [9.17, 15) is 4.79 Å². The third kappa shape index (κ3) is 2.20. The fourth-order valence-electron chi connectivity index (χ4n) is 1.99. The predicted octanol–water partition coefficient (Wildman–Crippen LogP) is 2.96. The van der Waals surface area contributed by atoms with Crippen LogP contribution in [0.3, 0.4) is 0 Å². The Labute approximate surface area is 74.9 Å². The van der Waals surface area contributed by atoms with Gasteiger partial charge < -0.3 is 0 Å². The molecule has 1 aliphatic rings. The first-order valence-corrected chi connectivity index (χ1v) is 4.78. The Morgan fingerprint density at radius 2 is 2.33 bits per heavy atom. The first kappa shape index (κ1) is 9.50. The molecule has 0 aliphatic heterocycles. The zero-order valence-corrected chi connectivity index (χ0v) is 8.10. The third-order valence-corrected chi connectivity index (χ3v) is 2.75. The molecule has 2 atom stereocenters. The van der Waals surface area contributed by atoms with Gasteiger partial charge in [0.2, 0.25) is 0 Å². The highest BCUT2D eigenvalue weighted by Crippen LogP contribution is 2.30. The Hall–Kier alpha value is -0.590. The molecule has 1 heteroatoms. The Morgan fingerprint density at radius 1 is 1.67 bits per heavy atom. The van der Waals surface area contributed by atoms with Gasteiger partial charge in [0.15, 0.2) is 0 Å². The Bertz CT molecular complexity index is 193. The lowest BCUT2D eigenvalue weighted by atomic mass is 9.76. The Kier molecular flexibility index (Phi) is 3.07. The lowest BCUT2D eigenvalue weighted by molar-refractivity contribution is -0.126. The summed E-state index contributed by atoms with van der Waals surface area (Å²) in [7, 11) is 0. The molecule has 0 heterocycles. The normalized spacial score (nSPS) is 30.3. The standard InChI is InChI=1S/C11H18O/c1-8(2)7-10-9(3)5-4-6-11(10)12/h9-10H,1,4-7H2,2-3H3. The van der Waals surface area contributed by atoms with E-state index in [1.807, 2.05) is 6.92 Å². The fraction of sp³-hybridized carbons (Fsp3) is 0.727. The van der Waals surface area contributed by atoms with Crippen LogP contribution in [0.1, 0.15) is 39.5 Å². The van der Waals surface area contributed by atoms with E-state index >= 15 is 0 Å². The highest BCUT2D eigenvalue weighted by molar-refractivity contribution is 5.82. The highest BCUT2D eigenvalue weighted by Gasteiger charge is 2.28. The van der Waals surface area contributed by atoms with Gasteiger partial charge in [0.25, 0.3) is 0 Å². The van der Waals surface area contributed by atoms with Crippen molar-refractivity contribution in [1.82, 2.24) is 0 Å². The van der Waals surface area contributed by atoms with Crippen LogP contribution in [0.25, 0.3) is 0 Å². The molecule has 1 aliphatic carbocycles. The zero-order valence-electron chi connectivity index (χ0n) is 8.10. The number of carbonyl (C=O) groups is 1. The number of Topliss-reactive ketones (excluding diaryl/α,β-unsaturated/α-hetero) is 1. The van der Waals surface area contributed by atoms with Crippen LogP contribution in [0.5, 0.6) is 0 Å². The maximum Gasteiger partial charge on any atom is 0.136 e. The molecule has 2 unspecified atom stereocenters. The van der Waals surface area contributed by atoms with Crippen molar-refractivity contribution in [2.24, 2.45) is 11.8 Å². The summed E-state index contributed by atoms with van der Waals surface area (Å²) >= 11 is 0. The van der Waals surface area contributed by atoms with Gasteiger partial charge in [0.1, 0.15) is 5.78 Å². The first-order valence-electron chi connectivity index (χ1n) is 4.78. The van der Waals surface area contributed by atoms with Crippen LogP contribution in [0.15, 0.2) is 12.2 Å². The molecule has 0 bridgehead atoms. The second-order valence-corrected chi connectivity index (χ2v) is 4.10. The molecule has 12 heavy (non-hydrogen) atoms. The molecule has 1 nitrogen and oxygen atoms in total. The lowest BCUT2D eigenvalue weighted by Gasteiger charge is -2.27. The van der Waals surface area contributed by atoms with Gasteiger partial charge in [-0.05, 0) is 32.1 Å². The van der Waals surface area contributed by atoms with Crippen molar-refractivity contribution < 1.29 is 4.79 Å². The Balaban J connectivity index is 2.57. The van der Waals surface area contributed by atoms with Crippen molar-refractivity contribution in [2.45, 2.75) is 39.5 Å². The van der Waals surface area contributed by atoms with Crippen LogP contribution < -0.4 is 0 Å². The Morgan fingerprint density at radius 3 is 2.83 bits per heavy atom. The van der Waals surface area contributed by atoms with Crippen molar-refractivity contribution in [3.8, 4) is 0 Å². The summed E-state index contributed by atoms with van der Waals surface area (Å²) in [6, 6.07) is 0. The van der Waals surface area contributed by atoms with Crippen LogP contribution in [0.2, 0.25) is 0 Å². The van der Waals surface area contributed by atoms with Crippen molar-refractivity contribution in [1.29, 1.82) is 0 Å². The number of hydrogen-bond acceptors (Lipinski definition) is 1. The van der Waals surface area contributed by atoms with E-state index in [-0.39, 0.29) is 5.92 Å². The van der Waals surface area contributed by atoms with Gasteiger partial charge in [0, 0.05) is 12.3 Å². The maximum absolute atomic E-state index is 11.5. The van der Waals surface area contributed by atoms with E-state index in [1.54, 1.807) is 0 Å². The fourth-order valence-corrected chi connectivity index (χ4v) is 1.99. The summed E-state index contributed by atoms with van der Waals surface area (Å²) < 4.78 is 0. The minimum absolute atomic E-state index is 0.274. The summed E-state index contributed by atoms with van der Waals surface area (Å²) in [5.41, 5.74) is 1.14. The van der Waals surface area contributed by atoms with Gasteiger partial charge in [-0.25, -0.2) is 0 Å². The second kappa shape index (κ2) is 3.88. The summed E-state index contributed by atoms with van der Waals surface area (Å²) in [5, 5.41) is 0. The monoisotopic (exact) mass is 166 g/mol. The molecular weight excluding hydrogens is 148 g/mol. The minimum Gasteiger partial charge on any atom is -0.299 e. The van der Waals surface area contributed by atoms with E-state index in [4.69, 9.17) is 0 Å². The molecule has 1 fully saturated rings. The zero-order chi connectivity index (χ0) is 9.14. The summed E-state index contributed by atoms with van der Waals surface area (Å²) in [4.78, 5) is 11.5. The molecule has 1 saturated carbocycles. The van der Waals surface area contributed by atoms with E-state index in [2.05, 4.69) is 13.5 Å². The van der Waals surface area contributed by atoms with Crippen molar-refractivity contribution in [3.63, 3.8) is 0 Å². The van der Waals surface area contributed by atoms with Crippen LogP contribution in [0, 0.1) is 11.8 Å². The van der Waals surface area contributed by atoms with Crippen LogP contribution in [-0.2, 0) is 4.79 Å². The quantitative estimate of drug-likeness (QED) is 0.576. The number of hydrogen-bond donors (Lipinski definition) is 0. The van der Waals surface area contributed by atoms with Gasteiger partial charge in [0.05, 0.1) is 0 Å². The maximum atomic E-state index is 11.5. The SMILES string of the molecule is C=C(C)CC1C(=O)CCCC1C. The van der Waals surface area contributed by atoms with Crippen molar-refractivity contribution in [3.05, 3.63) is 12.2 Å². The van der Waals surface area contributed by atoms with Crippen LogP contribution in [0.4, 0.5) is 0 Å². The van der Waals surface area contributed by atoms with Crippen LogP contribution >= 0.6 is 0 Å². The molecule has 0 saturated heterocycles. The molecule has 0 amide bonds. The molecule has 0 spiro atoms. The molecule has 0 aromatic rings. The average molecular weight is 166 g/mol. The lowest BCUT2D eigenvalue weighted by Crippen LogP contribution is -2.26. The highest BCUT2D eigenvalue weighted by atomic mass is 16.1. The van der Waals surface area contributed by atoms with Crippen molar-refractivity contribution in [2.75, 3.05) is 0 Å². The summed E-state index contributed by atoms with van der Waals surface area (Å²) in [5.74, 6) is 1.30. The molecule has 0 aromatic carbocycles. The largest absolute Gasteiger partial charge is 0.299 e.